The quantitative estimate of drug-likeness (QED) is 0.556. The lowest BCUT2D eigenvalue weighted by atomic mass is 9.80. The molecule has 10 heavy (non-hydrogen) atoms. The molecule has 2 aliphatic rings. The Morgan fingerprint density at radius 2 is 2.50 bits per heavy atom. The van der Waals surface area contributed by atoms with Gasteiger partial charge in [-0.25, -0.2) is 0 Å². The fourth-order valence-electron chi connectivity index (χ4n) is 2.44. The highest BCUT2D eigenvalue weighted by atomic mass is 15.0. The fraction of sp³-hybridized carbons (Fsp3) is 1.00. The molecule has 58 valence electrons. The second-order valence-electron chi connectivity index (χ2n) is 3.83. The smallest absolute Gasteiger partial charge is 0.0307 e. The number of hydrogen-bond acceptors (Lipinski definition) is 2. The molecule has 2 atom stereocenters. The van der Waals surface area contributed by atoms with Crippen LogP contribution in [0.2, 0.25) is 0 Å². The van der Waals surface area contributed by atoms with Crippen molar-refractivity contribution in [3.63, 3.8) is 0 Å². The van der Waals surface area contributed by atoms with Crippen LogP contribution in [0.4, 0.5) is 0 Å². The minimum absolute atomic E-state index is 0.364. The lowest BCUT2D eigenvalue weighted by molar-refractivity contribution is 0.291. The van der Waals surface area contributed by atoms with Gasteiger partial charge in [-0.2, -0.15) is 0 Å². The monoisotopic (exact) mass is 140 g/mol. The van der Waals surface area contributed by atoms with E-state index in [4.69, 9.17) is 5.73 Å². The van der Waals surface area contributed by atoms with Crippen LogP contribution in [0, 0.1) is 5.92 Å². The summed E-state index contributed by atoms with van der Waals surface area (Å²) in [6, 6.07) is 0. The summed E-state index contributed by atoms with van der Waals surface area (Å²) >= 11 is 0. The van der Waals surface area contributed by atoms with Gasteiger partial charge in [0.2, 0.25) is 0 Å². The molecule has 3 N–H and O–H groups in total. The molecule has 1 aliphatic heterocycles. The van der Waals surface area contributed by atoms with Gasteiger partial charge in [0.25, 0.3) is 0 Å². The number of nitrogens with one attached hydrogen (secondary N) is 1. The van der Waals surface area contributed by atoms with Gasteiger partial charge in [0, 0.05) is 12.1 Å². The molecule has 0 aromatic rings. The highest BCUT2D eigenvalue weighted by molar-refractivity contribution is 5.00. The first-order chi connectivity index (χ1) is 4.85. The van der Waals surface area contributed by atoms with E-state index in [1.165, 1.54) is 32.2 Å². The van der Waals surface area contributed by atoms with Gasteiger partial charge in [-0.05, 0) is 31.7 Å². The summed E-state index contributed by atoms with van der Waals surface area (Å²) < 4.78 is 0. The average Bonchev–Trinajstić information content (AvgIpc) is 2.29. The van der Waals surface area contributed by atoms with Gasteiger partial charge in [-0.1, -0.05) is 6.42 Å². The van der Waals surface area contributed by atoms with E-state index in [1.807, 2.05) is 0 Å². The van der Waals surface area contributed by atoms with Crippen LogP contribution in [-0.4, -0.2) is 18.6 Å². The van der Waals surface area contributed by atoms with Gasteiger partial charge in [-0.15, -0.1) is 0 Å². The molecule has 1 heterocycles. The second kappa shape index (κ2) is 2.21. The van der Waals surface area contributed by atoms with Gasteiger partial charge in [0.1, 0.15) is 0 Å². The summed E-state index contributed by atoms with van der Waals surface area (Å²) in [7, 11) is 0. The van der Waals surface area contributed by atoms with Crippen molar-refractivity contribution in [1.82, 2.24) is 5.32 Å². The van der Waals surface area contributed by atoms with Crippen LogP contribution in [0.3, 0.4) is 0 Å². The molecule has 0 aromatic heterocycles. The normalized spacial score (nSPS) is 45.9. The van der Waals surface area contributed by atoms with Gasteiger partial charge in [0.05, 0.1) is 0 Å². The summed E-state index contributed by atoms with van der Waals surface area (Å²) in [5.74, 6) is 0.942. The summed E-state index contributed by atoms with van der Waals surface area (Å²) in [4.78, 5) is 0. The Hall–Kier alpha value is -0.0800. The highest BCUT2D eigenvalue weighted by Crippen LogP contribution is 2.36. The molecule has 0 spiro atoms. The standard InChI is InChI=1S/C8H16N2/c9-6-8-3-1-2-7(4-8)5-10-8/h7,10H,1-6,9H2/t7?,8-/m0/s1. The lowest BCUT2D eigenvalue weighted by Crippen LogP contribution is -2.46. The van der Waals surface area contributed by atoms with Crippen LogP contribution in [0.15, 0.2) is 0 Å². The predicted molar refractivity (Wildman–Crippen MR) is 41.7 cm³/mol. The van der Waals surface area contributed by atoms with E-state index >= 15 is 0 Å². The third kappa shape index (κ3) is 0.867. The lowest BCUT2D eigenvalue weighted by Gasteiger charge is -2.31. The summed E-state index contributed by atoms with van der Waals surface area (Å²) in [6.07, 6.45) is 5.45. The van der Waals surface area contributed by atoms with Crippen molar-refractivity contribution >= 4 is 0 Å². The van der Waals surface area contributed by atoms with Crippen LogP contribution < -0.4 is 11.1 Å². The maximum Gasteiger partial charge on any atom is 0.0307 e. The number of rotatable bonds is 1. The van der Waals surface area contributed by atoms with Gasteiger partial charge in [-0.3, -0.25) is 0 Å². The van der Waals surface area contributed by atoms with Crippen molar-refractivity contribution in [2.24, 2.45) is 11.7 Å². The third-order valence-corrected chi connectivity index (χ3v) is 3.10. The highest BCUT2D eigenvalue weighted by Gasteiger charge is 2.40. The minimum atomic E-state index is 0.364. The molecular formula is C8H16N2. The molecule has 2 bridgehead atoms. The van der Waals surface area contributed by atoms with Gasteiger partial charge in [0.15, 0.2) is 0 Å². The van der Waals surface area contributed by atoms with Gasteiger partial charge >= 0.3 is 0 Å². The van der Waals surface area contributed by atoms with E-state index in [0.717, 1.165) is 12.5 Å². The fourth-order valence-corrected chi connectivity index (χ4v) is 2.44. The number of nitrogens with two attached hydrogens (primary N) is 1. The van der Waals surface area contributed by atoms with Crippen LogP contribution in [-0.2, 0) is 0 Å². The van der Waals surface area contributed by atoms with E-state index in [-0.39, 0.29) is 0 Å². The van der Waals surface area contributed by atoms with Crippen LogP contribution in [0.5, 0.6) is 0 Å². The zero-order valence-electron chi connectivity index (χ0n) is 6.40. The van der Waals surface area contributed by atoms with Crippen molar-refractivity contribution in [1.29, 1.82) is 0 Å². The first-order valence-electron chi connectivity index (χ1n) is 4.30. The first kappa shape index (κ1) is 6.62. The Labute approximate surface area is 62.2 Å². The molecule has 1 saturated heterocycles. The predicted octanol–water partition coefficient (Wildman–Crippen LogP) is 0.477. The zero-order chi connectivity index (χ0) is 7.03. The van der Waals surface area contributed by atoms with E-state index in [2.05, 4.69) is 5.32 Å². The van der Waals surface area contributed by atoms with E-state index in [0.29, 0.717) is 5.54 Å². The zero-order valence-corrected chi connectivity index (χ0v) is 6.40. The molecule has 0 radical (unpaired) electrons. The van der Waals surface area contributed by atoms with Crippen LogP contribution in [0.25, 0.3) is 0 Å². The van der Waals surface area contributed by atoms with Crippen molar-refractivity contribution in [2.45, 2.75) is 31.2 Å². The molecule has 2 rings (SSSR count). The second-order valence-corrected chi connectivity index (χ2v) is 3.83. The third-order valence-electron chi connectivity index (χ3n) is 3.10. The van der Waals surface area contributed by atoms with Crippen LogP contribution in [0.1, 0.15) is 25.7 Å². The van der Waals surface area contributed by atoms with Crippen molar-refractivity contribution in [3.8, 4) is 0 Å². The first-order valence-corrected chi connectivity index (χ1v) is 4.30. The molecule has 1 unspecified atom stereocenters. The SMILES string of the molecule is NC[C@@]12CCCC(CN1)C2. The van der Waals surface area contributed by atoms with Crippen molar-refractivity contribution in [3.05, 3.63) is 0 Å². The van der Waals surface area contributed by atoms with E-state index in [9.17, 15) is 0 Å². The molecule has 2 fully saturated rings. The van der Waals surface area contributed by atoms with Gasteiger partial charge < -0.3 is 11.1 Å². The van der Waals surface area contributed by atoms with E-state index in [1.54, 1.807) is 0 Å². The van der Waals surface area contributed by atoms with Crippen molar-refractivity contribution in [2.75, 3.05) is 13.1 Å². The molecule has 0 amide bonds. The Kier molecular flexibility index (Phi) is 1.46. The Bertz CT molecular complexity index is 131. The topological polar surface area (TPSA) is 38.0 Å². The largest absolute Gasteiger partial charge is 0.329 e. The molecule has 2 nitrogen and oxygen atoms in total. The molecule has 2 heteroatoms. The number of hydrogen-bond donors (Lipinski definition) is 2. The average molecular weight is 140 g/mol. The summed E-state index contributed by atoms with van der Waals surface area (Å²) in [6.45, 7) is 2.06. The Morgan fingerprint density at radius 1 is 1.60 bits per heavy atom. The van der Waals surface area contributed by atoms with Crippen LogP contribution >= 0.6 is 0 Å². The minimum Gasteiger partial charge on any atom is -0.329 e. The molecule has 0 aromatic carbocycles. The molecule has 1 saturated carbocycles. The molecular weight excluding hydrogens is 124 g/mol. The summed E-state index contributed by atoms with van der Waals surface area (Å²) in [5, 5.41) is 3.56. The Balaban J connectivity index is 2.10. The number of fused-ring (bicyclic) bond motifs is 2. The maximum atomic E-state index is 5.71. The van der Waals surface area contributed by atoms with E-state index < -0.39 is 0 Å². The molecule has 1 aliphatic carbocycles. The van der Waals surface area contributed by atoms with Crippen molar-refractivity contribution < 1.29 is 0 Å². The Morgan fingerprint density at radius 3 is 3.20 bits per heavy atom. The summed E-state index contributed by atoms with van der Waals surface area (Å²) in [5.41, 5.74) is 6.08. The maximum absolute atomic E-state index is 5.71.